The van der Waals surface area contributed by atoms with E-state index in [1.807, 2.05) is 24.3 Å². The van der Waals surface area contributed by atoms with E-state index >= 15 is 0 Å². The number of hydrogen-bond donors (Lipinski definition) is 1. The van der Waals surface area contributed by atoms with Crippen LogP contribution < -0.4 is 14.8 Å². The van der Waals surface area contributed by atoms with E-state index in [-0.39, 0.29) is 0 Å². The topological polar surface area (TPSA) is 61.2 Å². The Labute approximate surface area is 125 Å². The summed E-state index contributed by atoms with van der Waals surface area (Å²) in [5.41, 5.74) is 0. The van der Waals surface area contributed by atoms with Gasteiger partial charge in [0.25, 0.3) is 0 Å². The number of ether oxygens (including phenoxy) is 2. The first-order chi connectivity index (χ1) is 10.3. The first-order valence-corrected chi connectivity index (χ1v) is 7.17. The lowest BCUT2D eigenvalue weighted by molar-refractivity contribution is 0.290. The summed E-state index contributed by atoms with van der Waals surface area (Å²) >= 11 is 0. The van der Waals surface area contributed by atoms with Crippen LogP contribution in [0.2, 0.25) is 0 Å². The van der Waals surface area contributed by atoms with Crippen molar-refractivity contribution in [2.24, 2.45) is 0 Å². The van der Waals surface area contributed by atoms with Crippen molar-refractivity contribution in [3.05, 3.63) is 36.4 Å². The Morgan fingerprint density at radius 2 is 1.95 bits per heavy atom. The van der Waals surface area contributed by atoms with Crippen LogP contribution in [-0.2, 0) is 13.1 Å². The molecule has 2 rings (SSSR count). The maximum Gasteiger partial charge on any atom is 0.164 e. The van der Waals surface area contributed by atoms with Crippen LogP contribution in [0.3, 0.4) is 0 Å². The second-order valence-corrected chi connectivity index (χ2v) is 4.62. The molecule has 6 nitrogen and oxygen atoms in total. The number of hydrogen-bond acceptors (Lipinski definition) is 5. The Kier molecular flexibility index (Phi) is 6.02. The molecule has 0 spiro atoms. The molecule has 1 N–H and O–H groups in total. The van der Waals surface area contributed by atoms with Gasteiger partial charge in [-0.25, -0.2) is 9.67 Å². The molecule has 0 bridgehead atoms. The SMILES string of the molecule is CCCNCc1ncn(CCOc2ccc(OC)cc2)n1. The number of nitrogens with zero attached hydrogens (tertiary/aromatic N) is 3. The average molecular weight is 290 g/mol. The van der Waals surface area contributed by atoms with Gasteiger partial charge in [0.05, 0.1) is 20.2 Å². The summed E-state index contributed by atoms with van der Waals surface area (Å²) in [4.78, 5) is 4.25. The van der Waals surface area contributed by atoms with Crippen molar-refractivity contribution in [2.45, 2.75) is 26.4 Å². The fourth-order valence-electron chi connectivity index (χ4n) is 1.83. The molecule has 114 valence electrons. The average Bonchev–Trinajstić information content (AvgIpc) is 2.96. The molecule has 0 fully saturated rings. The molecule has 6 heteroatoms. The zero-order valence-corrected chi connectivity index (χ0v) is 12.6. The van der Waals surface area contributed by atoms with Gasteiger partial charge in [-0.05, 0) is 37.2 Å². The molecule has 0 aliphatic rings. The predicted molar refractivity (Wildman–Crippen MR) is 80.5 cm³/mol. The van der Waals surface area contributed by atoms with E-state index in [0.29, 0.717) is 19.7 Å². The van der Waals surface area contributed by atoms with Crippen LogP contribution in [0.5, 0.6) is 11.5 Å². The summed E-state index contributed by atoms with van der Waals surface area (Å²) in [5.74, 6) is 2.46. The van der Waals surface area contributed by atoms with Crippen molar-refractivity contribution in [3.8, 4) is 11.5 Å². The Bertz CT molecular complexity index is 525. The van der Waals surface area contributed by atoms with E-state index in [1.54, 1.807) is 18.1 Å². The van der Waals surface area contributed by atoms with E-state index in [9.17, 15) is 0 Å². The van der Waals surface area contributed by atoms with Crippen LogP contribution in [0.4, 0.5) is 0 Å². The minimum Gasteiger partial charge on any atom is -0.497 e. The van der Waals surface area contributed by atoms with Gasteiger partial charge in [0.1, 0.15) is 24.4 Å². The van der Waals surface area contributed by atoms with Gasteiger partial charge in [-0.3, -0.25) is 0 Å². The van der Waals surface area contributed by atoms with Crippen molar-refractivity contribution < 1.29 is 9.47 Å². The Morgan fingerprint density at radius 3 is 2.67 bits per heavy atom. The van der Waals surface area contributed by atoms with Gasteiger partial charge in [-0.1, -0.05) is 6.92 Å². The lowest BCUT2D eigenvalue weighted by Gasteiger charge is -2.06. The van der Waals surface area contributed by atoms with Crippen LogP contribution in [0.15, 0.2) is 30.6 Å². The monoisotopic (exact) mass is 290 g/mol. The molecule has 1 aromatic carbocycles. The van der Waals surface area contributed by atoms with E-state index in [4.69, 9.17) is 9.47 Å². The van der Waals surface area contributed by atoms with Gasteiger partial charge in [-0.2, -0.15) is 5.10 Å². The molecule has 0 aliphatic heterocycles. The van der Waals surface area contributed by atoms with Gasteiger partial charge in [0, 0.05) is 0 Å². The smallest absolute Gasteiger partial charge is 0.164 e. The van der Waals surface area contributed by atoms with Crippen molar-refractivity contribution in [3.63, 3.8) is 0 Å². The molecule has 2 aromatic rings. The number of rotatable bonds is 9. The molecular weight excluding hydrogens is 268 g/mol. The van der Waals surface area contributed by atoms with Crippen molar-refractivity contribution in [2.75, 3.05) is 20.3 Å². The third-order valence-corrected chi connectivity index (χ3v) is 2.94. The maximum absolute atomic E-state index is 5.66. The number of methoxy groups -OCH3 is 1. The Balaban J connectivity index is 1.72. The number of benzene rings is 1. The van der Waals surface area contributed by atoms with Crippen LogP contribution in [0, 0.1) is 0 Å². The summed E-state index contributed by atoms with van der Waals surface area (Å²) in [6.07, 6.45) is 2.84. The van der Waals surface area contributed by atoms with Gasteiger partial charge in [-0.15, -0.1) is 0 Å². The molecule has 0 saturated carbocycles. The zero-order chi connectivity index (χ0) is 14.9. The molecule has 0 radical (unpaired) electrons. The standard InChI is InChI=1S/C15H22N4O2/c1-3-8-16-11-15-17-12-19(18-15)9-10-21-14-6-4-13(20-2)5-7-14/h4-7,12,16H,3,8-11H2,1-2H3. The zero-order valence-electron chi connectivity index (χ0n) is 12.6. The lowest BCUT2D eigenvalue weighted by Crippen LogP contribution is -2.15. The Hall–Kier alpha value is -2.08. The van der Waals surface area contributed by atoms with E-state index in [2.05, 4.69) is 22.3 Å². The minimum absolute atomic E-state index is 0.553. The van der Waals surface area contributed by atoms with E-state index < -0.39 is 0 Å². The molecule has 0 atom stereocenters. The van der Waals surface area contributed by atoms with Gasteiger partial charge >= 0.3 is 0 Å². The lowest BCUT2D eigenvalue weighted by atomic mass is 10.3. The van der Waals surface area contributed by atoms with Crippen molar-refractivity contribution >= 4 is 0 Å². The summed E-state index contributed by atoms with van der Waals surface area (Å²) < 4.78 is 12.6. The molecule has 0 saturated heterocycles. The van der Waals surface area contributed by atoms with Gasteiger partial charge in [0.2, 0.25) is 0 Å². The predicted octanol–water partition coefficient (Wildman–Crippen LogP) is 1.87. The number of nitrogens with one attached hydrogen (secondary N) is 1. The highest BCUT2D eigenvalue weighted by molar-refractivity contribution is 5.31. The van der Waals surface area contributed by atoms with E-state index in [1.165, 1.54) is 0 Å². The molecule has 21 heavy (non-hydrogen) atoms. The summed E-state index contributed by atoms with van der Waals surface area (Å²) in [6.45, 7) is 5.05. The largest absolute Gasteiger partial charge is 0.497 e. The molecule has 1 heterocycles. The summed E-state index contributed by atoms with van der Waals surface area (Å²) in [6, 6.07) is 7.53. The van der Waals surface area contributed by atoms with Crippen molar-refractivity contribution in [1.29, 1.82) is 0 Å². The second kappa shape index (κ2) is 8.26. The quantitative estimate of drug-likeness (QED) is 0.714. The number of aromatic nitrogens is 3. The van der Waals surface area contributed by atoms with E-state index in [0.717, 1.165) is 30.3 Å². The molecular formula is C15H22N4O2. The minimum atomic E-state index is 0.553. The highest BCUT2D eigenvalue weighted by Gasteiger charge is 2.01. The fourth-order valence-corrected chi connectivity index (χ4v) is 1.83. The maximum atomic E-state index is 5.66. The Morgan fingerprint density at radius 1 is 1.19 bits per heavy atom. The van der Waals surface area contributed by atoms with Crippen LogP contribution in [0.1, 0.15) is 19.2 Å². The summed E-state index contributed by atoms with van der Waals surface area (Å²) in [7, 11) is 1.65. The fraction of sp³-hybridized carbons (Fsp3) is 0.467. The highest BCUT2D eigenvalue weighted by Crippen LogP contribution is 2.16. The van der Waals surface area contributed by atoms with Crippen LogP contribution in [0.25, 0.3) is 0 Å². The van der Waals surface area contributed by atoms with Crippen LogP contribution >= 0.6 is 0 Å². The first kappa shape index (κ1) is 15.3. The highest BCUT2D eigenvalue weighted by atomic mass is 16.5. The summed E-state index contributed by atoms with van der Waals surface area (Å²) in [5, 5.41) is 7.66. The first-order valence-electron chi connectivity index (χ1n) is 7.17. The third kappa shape index (κ3) is 5.07. The van der Waals surface area contributed by atoms with Crippen LogP contribution in [-0.4, -0.2) is 35.0 Å². The van der Waals surface area contributed by atoms with Gasteiger partial charge < -0.3 is 14.8 Å². The molecule has 0 unspecified atom stereocenters. The molecule has 0 aliphatic carbocycles. The molecule has 0 amide bonds. The van der Waals surface area contributed by atoms with Gasteiger partial charge in [0.15, 0.2) is 5.82 Å². The normalized spacial score (nSPS) is 10.6. The van der Waals surface area contributed by atoms with Crippen molar-refractivity contribution in [1.82, 2.24) is 20.1 Å². The molecule has 1 aromatic heterocycles. The third-order valence-electron chi connectivity index (χ3n) is 2.94. The second-order valence-electron chi connectivity index (χ2n) is 4.62.